The maximum atomic E-state index is 14.3. The zero-order valence-electron chi connectivity index (χ0n) is 26.2. The number of benzene rings is 2. The second-order valence-corrected chi connectivity index (χ2v) is 14.0. The van der Waals surface area contributed by atoms with Gasteiger partial charge < -0.3 is 15.1 Å². The van der Waals surface area contributed by atoms with Crippen LogP contribution in [0.15, 0.2) is 42.5 Å². The summed E-state index contributed by atoms with van der Waals surface area (Å²) in [6, 6.07) is 14.1. The van der Waals surface area contributed by atoms with Crippen LogP contribution in [-0.2, 0) is 15.0 Å². The summed E-state index contributed by atoms with van der Waals surface area (Å²) >= 11 is 0. The minimum atomic E-state index is -0.257. The fourth-order valence-corrected chi connectivity index (χ4v) is 7.64. The molecular weight excluding hydrogens is 522 g/mol. The largest absolute Gasteiger partial charge is 0.342 e. The van der Waals surface area contributed by atoms with Crippen molar-refractivity contribution in [1.29, 1.82) is 0 Å². The molecule has 3 aliphatic rings. The van der Waals surface area contributed by atoms with E-state index in [1.165, 1.54) is 5.56 Å². The molecule has 2 aromatic rings. The van der Waals surface area contributed by atoms with Crippen LogP contribution < -0.4 is 5.32 Å². The number of hydrogen-bond donors (Lipinski definition) is 1. The fraction of sp³-hybridized carbons (Fsp3) is 0.583. The van der Waals surface area contributed by atoms with E-state index in [2.05, 4.69) is 43.1 Å². The van der Waals surface area contributed by atoms with Gasteiger partial charge in [0.05, 0.1) is 5.92 Å². The number of carbonyl (C=O) groups is 3. The molecule has 0 radical (unpaired) electrons. The predicted octanol–water partition coefficient (Wildman–Crippen LogP) is 6.89. The first-order valence-corrected chi connectivity index (χ1v) is 16.1. The van der Waals surface area contributed by atoms with Gasteiger partial charge in [0.1, 0.15) is 0 Å². The Labute approximate surface area is 252 Å². The van der Waals surface area contributed by atoms with Gasteiger partial charge in [-0.05, 0) is 105 Å². The summed E-state index contributed by atoms with van der Waals surface area (Å²) < 4.78 is 0. The standard InChI is InChI=1S/C36H49N3O3/c1-24-10-6-11-25(2)32(24)35(42)39-21-8-14-30(34(41)37-29-13-7-12-28(22-29)36(3,4)5)33(39)27-18-16-26(17-19-27)23-38-20-9-15-31(38)40/h6-7,10-13,22,26-27,30,33H,8-9,14-21,23H2,1-5H3,(H,37,41)/t26?,27?,30?,33-/m0/s1. The Hall–Kier alpha value is -3.15. The summed E-state index contributed by atoms with van der Waals surface area (Å²) in [5.74, 6) is 0.888. The highest BCUT2D eigenvalue weighted by molar-refractivity contribution is 5.99. The maximum absolute atomic E-state index is 14.3. The topological polar surface area (TPSA) is 69.7 Å². The van der Waals surface area contributed by atoms with Crippen molar-refractivity contribution < 1.29 is 14.4 Å². The molecule has 42 heavy (non-hydrogen) atoms. The maximum Gasteiger partial charge on any atom is 0.254 e. The number of hydrogen-bond acceptors (Lipinski definition) is 3. The monoisotopic (exact) mass is 571 g/mol. The van der Waals surface area contributed by atoms with Crippen LogP contribution in [0, 0.1) is 31.6 Å². The molecule has 0 spiro atoms. The van der Waals surface area contributed by atoms with Gasteiger partial charge in [-0.25, -0.2) is 0 Å². The van der Waals surface area contributed by atoms with Crippen LogP contribution in [-0.4, -0.2) is 53.2 Å². The van der Waals surface area contributed by atoms with E-state index in [1.807, 2.05) is 49.1 Å². The van der Waals surface area contributed by atoms with Crippen LogP contribution >= 0.6 is 0 Å². The Morgan fingerprint density at radius 2 is 1.60 bits per heavy atom. The quantitative estimate of drug-likeness (QED) is 0.411. The van der Waals surface area contributed by atoms with Gasteiger partial charge in [0, 0.05) is 43.3 Å². The molecule has 0 bridgehead atoms. The van der Waals surface area contributed by atoms with Gasteiger partial charge >= 0.3 is 0 Å². The minimum Gasteiger partial charge on any atom is -0.342 e. The number of anilines is 1. The first kappa shape index (κ1) is 30.3. The summed E-state index contributed by atoms with van der Waals surface area (Å²) in [5.41, 5.74) is 4.75. The van der Waals surface area contributed by atoms with Crippen molar-refractivity contribution in [3.05, 3.63) is 64.7 Å². The number of likely N-dealkylation sites (tertiary alicyclic amines) is 2. The number of nitrogens with one attached hydrogen (secondary N) is 1. The molecule has 3 fully saturated rings. The van der Waals surface area contributed by atoms with Gasteiger partial charge in [-0.1, -0.05) is 51.1 Å². The number of carbonyl (C=O) groups excluding carboxylic acids is 3. The summed E-state index contributed by atoms with van der Waals surface area (Å²) in [7, 11) is 0. The summed E-state index contributed by atoms with van der Waals surface area (Å²) in [6.07, 6.45) is 7.31. The summed E-state index contributed by atoms with van der Waals surface area (Å²) in [5, 5.41) is 3.26. The Morgan fingerprint density at radius 3 is 2.24 bits per heavy atom. The van der Waals surface area contributed by atoms with Crippen LogP contribution in [0.1, 0.15) is 99.2 Å². The third kappa shape index (κ3) is 6.58. The molecule has 226 valence electrons. The van der Waals surface area contributed by atoms with E-state index >= 15 is 0 Å². The lowest BCUT2D eigenvalue weighted by Crippen LogP contribution is -2.56. The zero-order valence-corrected chi connectivity index (χ0v) is 26.2. The van der Waals surface area contributed by atoms with Crippen molar-refractivity contribution in [2.75, 3.05) is 25.0 Å². The molecule has 5 rings (SSSR count). The molecule has 1 unspecified atom stereocenters. The summed E-state index contributed by atoms with van der Waals surface area (Å²) in [4.78, 5) is 44.7. The van der Waals surface area contributed by atoms with Crippen LogP contribution in [0.3, 0.4) is 0 Å². The second-order valence-electron chi connectivity index (χ2n) is 14.0. The van der Waals surface area contributed by atoms with Gasteiger partial charge in [0.15, 0.2) is 0 Å². The van der Waals surface area contributed by atoms with E-state index in [4.69, 9.17) is 0 Å². The van der Waals surface area contributed by atoms with Crippen molar-refractivity contribution in [3.8, 4) is 0 Å². The van der Waals surface area contributed by atoms with Crippen molar-refractivity contribution >= 4 is 23.4 Å². The Morgan fingerprint density at radius 1 is 0.905 bits per heavy atom. The van der Waals surface area contributed by atoms with E-state index in [1.54, 1.807) is 0 Å². The first-order valence-electron chi connectivity index (χ1n) is 16.1. The lowest BCUT2D eigenvalue weighted by Gasteiger charge is -2.47. The smallest absolute Gasteiger partial charge is 0.254 e. The Bertz CT molecular complexity index is 1280. The van der Waals surface area contributed by atoms with Gasteiger partial charge in [-0.15, -0.1) is 0 Å². The predicted molar refractivity (Wildman–Crippen MR) is 168 cm³/mol. The molecule has 1 saturated carbocycles. The molecule has 6 heteroatoms. The molecule has 6 nitrogen and oxygen atoms in total. The molecule has 3 amide bonds. The number of amides is 3. The highest BCUT2D eigenvalue weighted by atomic mass is 16.2. The molecular formula is C36H49N3O3. The second kappa shape index (κ2) is 12.6. The van der Waals surface area contributed by atoms with Crippen molar-refractivity contribution in [2.24, 2.45) is 17.8 Å². The van der Waals surface area contributed by atoms with E-state index in [0.29, 0.717) is 24.8 Å². The van der Waals surface area contributed by atoms with Gasteiger partial charge in [-0.2, -0.15) is 0 Å². The molecule has 1 aliphatic carbocycles. The van der Waals surface area contributed by atoms with E-state index in [0.717, 1.165) is 80.4 Å². The molecule has 2 aromatic carbocycles. The summed E-state index contributed by atoms with van der Waals surface area (Å²) in [6.45, 7) is 13.0. The molecule has 2 heterocycles. The highest BCUT2D eigenvalue weighted by Crippen LogP contribution is 2.40. The molecule has 2 atom stereocenters. The van der Waals surface area contributed by atoms with E-state index < -0.39 is 0 Å². The van der Waals surface area contributed by atoms with Crippen molar-refractivity contribution in [1.82, 2.24) is 9.80 Å². The Balaban J connectivity index is 1.39. The molecule has 2 aliphatic heterocycles. The van der Waals surface area contributed by atoms with Crippen molar-refractivity contribution in [2.45, 2.75) is 97.4 Å². The average Bonchev–Trinajstić information content (AvgIpc) is 3.36. The minimum absolute atomic E-state index is 0.0128. The fourth-order valence-electron chi connectivity index (χ4n) is 7.64. The highest BCUT2D eigenvalue weighted by Gasteiger charge is 2.44. The average molecular weight is 572 g/mol. The van der Waals surface area contributed by atoms with E-state index in [9.17, 15) is 14.4 Å². The van der Waals surface area contributed by atoms with Gasteiger partial charge in [-0.3, -0.25) is 14.4 Å². The SMILES string of the molecule is Cc1cccc(C)c1C(=O)N1CCCC(C(=O)Nc2cccc(C(C)(C)C)c2)[C@@H]1C1CCC(CN2CCCC2=O)CC1. The van der Waals surface area contributed by atoms with E-state index in [-0.39, 0.29) is 35.1 Å². The Kier molecular flexibility index (Phi) is 9.10. The number of aryl methyl sites for hydroxylation is 2. The number of piperidine rings is 1. The lowest BCUT2D eigenvalue weighted by molar-refractivity contribution is -0.129. The van der Waals surface area contributed by atoms with Gasteiger partial charge in [0.2, 0.25) is 11.8 Å². The lowest BCUT2D eigenvalue weighted by atomic mass is 9.71. The van der Waals surface area contributed by atoms with Crippen LogP contribution in [0.2, 0.25) is 0 Å². The molecule has 0 aromatic heterocycles. The number of nitrogens with zero attached hydrogens (tertiary/aromatic N) is 2. The molecule has 2 saturated heterocycles. The van der Waals surface area contributed by atoms with Crippen LogP contribution in [0.25, 0.3) is 0 Å². The first-order chi connectivity index (χ1) is 20.0. The van der Waals surface area contributed by atoms with Crippen LogP contribution in [0.5, 0.6) is 0 Å². The zero-order chi connectivity index (χ0) is 30.0. The third-order valence-electron chi connectivity index (χ3n) is 10.00. The van der Waals surface area contributed by atoms with Crippen LogP contribution in [0.4, 0.5) is 5.69 Å². The number of rotatable bonds is 6. The molecule has 1 N–H and O–H groups in total. The van der Waals surface area contributed by atoms with Gasteiger partial charge in [0.25, 0.3) is 5.91 Å². The normalized spacial score (nSPS) is 25.0. The third-order valence-corrected chi connectivity index (χ3v) is 10.00. The van der Waals surface area contributed by atoms with Crippen molar-refractivity contribution in [3.63, 3.8) is 0 Å².